The van der Waals surface area contributed by atoms with Gasteiger partial charge in [-0.15, -0.1) is 0 Å². The van der Waals surface area contributed by atoms with Gasteiger partial charge in [-0.1, -0.05) is 0 Å². The molecule has 0 rings (SSSR count). The van der Waals surface area contributed by atoms with Crippen LogP contribution in [0.25, 0.3) is 0 Å². The van der Waals surface area contributed by atoms with Crippen LogP contribution in [0.3, 0.4) is 0 Å². The molecule has 0 aromatic rings. The summed E-state index contributed by atoms with van der Waals surface area (Å²) in [6.07, 6.45) is 0. The summed E-state index contributed by atoms with van der Waals surface area (Å²) < 4.78 is 0. The van der Waals surface area contributed by atoms with Gasteiger partial charge in [-0.2, -0.15) is 0 Å². The van der Waals surface area contributed by atoms with Gasteiger partial charge >= 0.3 is 0 Å². The van der Waals surface area contributed by atoms with E-state index in [1.165, 1.54) is 0 Å². The number of hydrogen-bond acceptors (Lipinski definition) is 2. The maximum absolute atomic E-state index is 7.62. The van der Waals surface area contributed by atoms with Crippen molar-refractivity contribution in [2.24, 2.45) is 0 Å². The largest absolute Gasteiger partial charge is 0.412 e. The van der Waals surface area contributed by atoms with E-state index < -0.39 is 0 Å². The van der Waals surface area contributed by atoms with Crippen molar-refractivity contribution in [2.45, 2.75) is 0 Å². The molecule has 0 bridgehead atoms. The maximum Gasteiger partial charge on any atom is 0.0662 e. The summed E-state index contributed by atoms with van der Waals surface area (Å²) in [5, 5.41) is 15.2. The molecule has 0 fully saturated rings. The molecule has 0 saturated carbocycles. The number of rotatable bonds is 1. The lowest BCUT2D eigenvalue weighted by Crippen LogP contribution is -1.85. The van der Waals surface area contributed by atoms with Gasteiger partial charge in [0.05, 0.1) is 13.2 Å². The predicted molar refractivity (Wildman–Crippen MR) is 29.1 cm³/mol. The summed E-state index contributed by atoms with van der Waals surface area (Å²) in [4.78, 5) is 0. The average Bonchev–Trinajstić information content (AvgIpc) is 1.37. The Morgan fingerprint density at radius 3 is 1.17 bits per heavy atom. The number of hydrogen-bond donors (Lipinski definition) is 2. The predicted octanol–water partition coefficient (Wildman–Crippen LogP) is -3.31. The summed E-state index contributed by atoms with van der Waals surface area (Å²) in [7, 11) is 0. The zero-order chi connectivity index (χ0) is 3.41. The summed E-state index contributed by atoms with van der Waals surface area (Å²) in [6, 6.07) is 0. The first-order valence-corrected chi connectivity index (χ1v) is 1.13. The highest BCUT2D eigenvalue weighted by atomic mass is 28.1. The van der Waals surface area contributed by atoms with Crippen LogP contribution in [0.5, 0.6) is 0 Å². The molecule has 0 atom stereocenters. The van der Waals surface area contributed by atoms with Gasteiger partial charge in [-0.3, -0.25) is 0 Å². The van der Waals surface area contributed by atoms with E-state index in [1.807, 2.05) is 0 Å². The second-order valence-corrected chi connectivity index (χ2v) is 0.447. The fraction of sp³-hybridized carbons (Fsp3) is 1.00. The zero-order valence-corrected chi connectivity index (χ0v) is 2.81. The first kappa shape index (κ1) is 16.5. The molecule has 0 aromatic heterocycles. The standard InChI is InChI=1S/C2H6O2.H2O.H4Si/c3-1-2-4;;/h3-4H,1-2H2;1H2;1H4. The normalized spacial score (nSPS) is 5.00. The molecule has 3 nitrogen and oxygen atoms in total. The molecule has 0 amide bonds. The van der Waals surface area contributed by atoms with Crippen molar-refractivity contribution in [1.29, 1.82) is 0 Å². The Bertz CT molecular complexity index is 10.8. The van der Waals surface area contributed by atoms with Crippen molar-refractivity contribution >= 4 is 11.0 Å². The Kier molecular flexibility index (Phi) is 53.6. The van der Waals surface area contributed by atoms with E-state index in [0.29, 0.717) is 0 Å². The van der Waals surface area contributed by atoms with Crippen molar-refractivity contribution in [3.63, 3.8) is 0 Å². The Labute approximate surface area is 40.9 Å². The quantitative estimate of drug-likeness (QED) is 0.349. The molecule has 0 aromatic carbocycles. The third kappa shape index (κ3) is 32.7. The van der Waals surface area contributed by atoms with Crippen molar-refractivity contribution in [2.75, 3.05) is 13.2 Å². The Morgan fingerprint density at radius 1 is 1.00 bits per heavy atom. The van der Waals surface area contributed by atoms with Gasteiger partial charge in [0.2, 0.25) is 0 Å². The van der Waals surface area contributed by atoms with Gasteiger partial charge in [0.1, 0.15) is 0 Å². The highest BCUT2D eigenvalue weighted by Gasteiger charge is 1.58. The fourth-order valence-corrected chi connectivity index (χ4v) is 0. The van der Waals surface area contributed by atoms with E-state index in [1.54, 1.807) is 0 Å². The van der Waals surface area contributed by atoms with Crippen LogP contribution in [-0.2, 0) is 0 Å². The lowest BCUT2D eigenvalue weighted by molar-refractivity contribution is 0.186. The average molecular weight is 112 g/mol. The van der Waals surface area contributed by atoms with Gasteiger partial charge < -0.3 is 15.7 Å². The smallest absolute Gasteiger partial charge is 0.0662 e. The molecule has 0 saturated heterocycles. The minimum Gasteiger partial charge on any atom is -0.412 e. The molecular formula is C2H12O3Si. The summed E-state index contributed by atoms with van der Waals surface area (Å²) in [5.41, 5.74) is 0. The molecule has 0 aliphatic rings. The van der Waals surface area contributed by atoms with Crippen LogP contribution in [0.4, 0.5) is 0 Å². The summed E-state index contributed by atoms with van der Waals surface area (Å²) >= 11 is 0. The third-order valence-corrected chi connectivity index (χ3v) is 0.1000. The molecule has 4 heteroatoms. The van der Waals surface area contributed by atoms with Gasteiger partial charge in [0.15, 0.2) is 0 Å². The molecule has 42 valence electrons. The number of aliphatic hydroxyl groups excluding tert-OH is 2. The molecule has 0 aliphatic carbocycles. The maximum atomic E-state index is 7.62. The van der Waals surface area contributed by atoms with Crippen LogP contribution < -0.4 is 0 Å². The Hall–Kier alpha value is 0.0969. The van der Waals surface area contributed by atoms with Gasteiger partial charge in [0, 0.05) is 0 Å². The molecule has 0 unspecified atom stereocenters. The van der Waals surface area contributed by atoms with Crippen molar-refractivity contribution in [1.82, 2.24) is 0 Å². The van der Waals surface area contributed by atoms with Crippen LogP contribution in [0, 0.1) is 0 Å². The molecule has 0 radical (unpaired) electrons. The van der Waals surface area contributed by atoms with E-state index >= 15 is 0 Å². The molecule has 4 N–H and O–H groups in total. The minimum absolute atomic E-state index is 0. The minimum atomic E-state index is -0.125. The summed E-state index contributed by atoms with van der Waals surface area (Å²) in [5.74, 6) is 0. The monoisotopic (exact) mass is 112 g/mol. The first-order chi connectivity index (χ1) is 1.91. The molecule has 0 heterocycles. The molecule has 0 spiro atoms. The van der Waals surface area contributed by atoms with Gasteiger partial charge in [0.25, 0.3) is 0 Å². The molecule has 0 aliphatic heterocycles. The van der Waals surface area contributed by atoms with Crippen molar-refractivity contribution in [3.05, 3.63) is 0 Å². The highest BCUT2D eigenvalue weighted by molar-refractivity contribution is 5.75. The van der Waals surface area contributed by atoms with E-state index in [0.717, 1.165) is 0 Å². The molecule has 6 heavy (non-hydrogen) atoms. The van der Waals surface area contributed by atoms with Crippen molar-refractivity contribution in [3.8, 4) is 0 Å². The lowest BCUT2D eigenvalue weighted by Gasteiger charge is -1.70. The van der Waals surface area contributed by atoms with Gasteiger partial charge in [-0.25, -0.2) is 0 Å². The van der Waals surface area contributed by atoms with Crippen LogP contribution in [0.15, 0.2) is 0 Å². The Balaban J connectivity index is -0.0000000450. The van der Waals surface area contributed by atoms with Crippen LogP contribution in [0.2, 0.25) is 0 Å². The first-order valence-electron chi connectivity index (χ1n) is 1.13. The summed E-state index contributed by atoms with van der Waals surface area (Å²) in [6.45, 7) is -0.250. The van der Waals surface area contributed by atoms with Crippen molar-refractivity contribution < 1.29 is 15.7 Å². The molecular weight excluding hydrogens is 100 g/mol. The Morgan fingerprint density at radius 2 is 1.17 bits per heavy atom. The highest BCUT2D eigenvalue weighted by Crippen LogP contribution is 1.39. The van der Waals surface area contributed by atoms with E-state index in [2.05, 4.69) is 0 Å². The van der Waals surface area contributed by atoms with E-state index in [-0.39, 0.29) is 29.7 Å². The number of aliphatic hydroxyl groups is 2. The van der Waals surface area contributed by atoms with Crippen LogP contribution in [-0.4, -0.2) is 39.9 Å². The third-order valence-electron chi connectivity index (χ3n) is 0.1000. The van der Waals surface area contributed by atoms with Gasteiger partial charge in [-0.05, 0) is 11.0 Å². The van der Waals surface area contributed by atoms with E-state index in [4.69, 9.17) is 10.2 Å². The van der Waals surface area contributed by atoms with Crippen LogP contribution >= 0.6 is 0 Å². The zero-order valence-electron chi connectivity index (χ0n) is 2.81. The SMILES string of the molecule is O.OCCO.[SiH4]. The van der Waals surface area contributed by atoms with E-state index in [9.17, 15) is 0 Å². The topological polar surface area (TPSA) is 72.0 Å². The van der Waals surface area contributed by atoms with Crippen LogP contribution in [0.1, 0.15) is 0 Å². The second kappa shape index (κ2) is 19.5. The second-order valence-electron chi connectivity index (χ2n) is 0.447. The lowest BCUT2D eigenvalue weighted by atomic mass is 10.8. The fourth-order valence-electron chi connectivity index (χ4n) is 0.